The molecule has 0 fully saturated rings. The molecule has 0 bridgehead atoms. The summed E-state index contributed by atoms with van der Waals surface area (Å²) < 4.78 is 5.18. The van der Waals surface area contributed by atoms with E-state index in [0.29, 0.717) is 0 Å². The van der Waals surface area contributed by atoms with Crippen LogP contribution in [-0.4, -0.2) is 0 Å². The molecule has 7 aromatic carbocycles. The quantitative estimate of drug-likeness (QED) is 0.182. The number of para-hydroxylation sites is 3. The highest BCUT2D eigenvalue weighted by molar-refractivity contribution is 7.26. The molecule has 9 aromatic rings. The molecule has 0 saturated heterocycles. The molecule has 0 aliphatic heterocycles. The van der Waals surface area contributed by atoms with Gasteiger partial charge in [0.2, 0.25) is 0 Å². The minimum atomic E-state index is 1.14. The van der Waals surface area contributed by atoms with Gasteiger partial charge in [-0.1, -0.05) is 84.9 Å². The Kier molecular flexibility index (Phi) is 6.55. The van der Waals surface area contributed by atoms with Crippen LogP contribution in [-0.2, 0) is 0 Å². The molecule has 0 amide bonds. The number of thiophene rings is 2. The van der Waals surface area contributed by atoms with E-state index in [1.807, 2.05) is 22.7 Å². The number of nitrogens with zero attached hydrogens (tertiary/aromatic N) is 2. The van der Waals surface area contributed by atoms with Crippen molar-refractivity contribution in [2.75, 3.05) is 9.80 Å². The zero-order valence-corrected chi connectivity index (χ0v) is 26.5. The minimum Gasteiger partial charge on any atom is -0.310 e. The van der Waals surface area contributed by atoms with E-state index in [4.69, 9.17) is 0 Å². The lowest BCUT2D eigenvalue weighted by Crippen LogP contribution is -2.10. The molecule has 0 spiro atoms. The molecule has 2 nitrogen and oxygen atoms in total. The van der Waals surface area contributed by atoms with Crippen LogP contribution in [0.1, 0.15) is 0 Å². The topological polar surface area (TPSA) is 6.48 Å². The summed E-state index contributed by atoms with van der Waals surface area (Å²) in [6.07, 6.45) is 0. The van der Waals surface area contributed by atoms with Crippen LogP contribution in [0.2, 0.25) is 0 Å². The highest BCUT2D eigenvalue weighted by atomic mass is 32.1. The number of rotatable bonds is 6. The van der Waals surface area contributed by atoms with Gasteiger partial charge in [-0.25, -0.2) is 0 Å². The summed E-state index contributed by atoms with van der Waals surface area (Å²) in [7, 11) is 0. The Bertz CT molecular complexity index is 2440. The zero-order valence-electron chi connectivity index (χ0n) is 24.9. The second kappa shape index (κ2) is 11.2. The van der Waals surface area contributed by atoms with Crippen LogP contribution in [0.4, 0.5) is 34.1 Å². The Labute approximate surface area is 275 Å². The molecule has 0 saturated carbocycles. The van der Waals surface area contributed by atoms with Crippen LogP contribution in [0.25, 0.3) is 40.3 Å². The van der Waals surface area contributed by atoms with Gasteiger partial charge in [-0.15, -0.1) is 22.7 Å². The van der Waals surface area contributed by atoms with Gasteiger partial charge in [0.15, 0.2) is 0 Å². The van der Waals surface area contributed by atoms with Crippen molar-refractivity contribution in [3.63, 3.8) is 0 Å². The van der Waals surface area contributed by atoms with Crippen LogP contribution < -0.4 is 9.80 Å². The van der Waals surface area contributed by atoms with Crippen LogP contribution in [0, 0.1) is 0 Å². The maximum atomic E-state index is 2.39. The smallest absolute Gasteiger partial charge is 0.0554 e. The van der Waals surface area contributed by atoms with Gasteiger partial charge >= 0.3 is 0 Å². The van der Waals surface area contributed by atoms with Crippen molar-refractivity contribution in [3.05, 3.63) is 170 Å². The highest BCUT2D eigenvalue weighted by Crippen LogP contribution is 2.47. The normalized spacial score (nSPS) is 11.5. The van der Waals surface area contributed by atoms with Crippen molar-refractivity contribution in [3.8, 4) is 0 Å². The lowest BCUT2D eigenvalue weighted by Gasteiger charge is -2.26. The zero-order chi connectivity index (χ0) is 30.5. The monoisotopic (exact) mass is 624 g/mol. The van der Waals surface area contributed by atoms with Gasteiger partial charge in [-0.3, -0.25) is 0 Å². The number of fused-ring (bicyclic) bond motifs is 6. The molecule has 9 rings (SSSR count). The standard InChI is InChI=1S/C42H28N2S2/c1-4-13-29(14-5-1)43(32-24-26-39-36(27-32)34-19-10-11-21-38(34)45-39)33-23-25-35-41(28-33)46-40-22-12-20-37(42(35)40)44(30-15-6-2-7-16-30)31-17-8-3-9-18-31/h1-28H. The van der Waals surface area contributed by atoms with Crippen molar-refractivity contribution in [2.45, 2.75) is 0 Å². The van der Waals surface area contributed by atoms with Crippen molar-refractivity contribution < 1.29 is 0 Å². The number of hydrogen-bond donors (Lipinski definition) is 0. The summed E-state index contributed by atoms with van der Waals surface area (Å²) in [5.41, 5.74) is 6.91. The van der Waals surface area contributed by atoms with Gasteiger partial charge in [0, 0.05) is 68.8 Å². The molecule has 0 N–H and O–H groups in total. The van der Waals surface area contributed by atoms with Gasteiger partial charge in [-0.05, 0) is 84.9 Å². The van der Waals surface area contributed by atoms with Crippen molar-refractivity contribution >= 4 is 97.1 Å². The van der Waals surface area contributed by atoms with Crippen LogP contribution in [0.3, 0.4) is 0 Å². The van der Waals surface area contributed by atoms with E-state index in [2.05, 4.69) is 180 Å². The fourth-order valence-corrected chi connectivity index (χ4v) is 8.83. The van der Waals surface area contributed by atoms with Crippen molar-refractivity contribution in [2.24, 2.45) is 0 Å². The van der Waals surface area contributed by atoms with Gasteiger partial charge < -0.3 is 9.80 Å². The predicted molar refractivity (Wildman–Crippen MR) is 202 cm³/mol. The first-order chi connectivity index (χ1) is 22.8. The van der Waals surface area contributed by atoms with E-state index in [1.165, 1.54) is 46.0 Å². The molecule has 0 radical (unpaired) electrons. The lowest BCUT2D eigenvalue weighted by molar-refractivity contribution is 1.30. The SMILES string of the molecule is c1ccc(N(c2ccc3c(c2)sc2cccc(N(c4ccccc4)c4ccccc4)c23)c2ccc3sc4ccccc4c3c2)cc1. The van der Waals surface area contributed by atoms with E-state index in [-0.39, 0.29) is 0 Å². The summed E-state index contributed by atoms with van der Waals surface area (Å²) in [6.45, 7) is 0. The second-order valence-corrected chi connectivity index (χ2v) is 13.6. The molecule has 0 unspecified atom stereocenters. The number of benzene rings is 7. The Hall–Kier alpha value is -5.42. The first kappa shape index (κ1) is 26.9. The van der Waals surface area contributed by atoms with Gasteiger partial charge in [-0.2, -0.15) is 0 Å². The molecule has 0 atom stereocenters. The Balaban J connectivity index is 1.23. The van der Waals surface area contributed by atoms with Crippen LogP contribution in [0.15, 0.2) is 170 Å². The molecule has 4 heteroatoms. The van der Waals surface area contributed by atoms with Gasteiger partial charge in [0.05, 0.1) is 5.69 Å². The summed E-state index contributed by atoms with van der Waals surface area (Å²) >= 11 is 3.72. The number of hydrogen-bond acceptors (Lipinski definition) is 4. The fraction of sp³-hybridized carbons (Fsp3) is 0. The van der Waals surface area contributed by atoms with Crippen LogP contribution in [0.5, 0.6) is 0 Å². The van der Waals surface area contributed by atoms with E-state index in [0.717, 1.165) is 28.4 Å². The Morgan fingerprint density at radius 1 is 0.304 bits per heavy atom. The first-order valence-corrected chi connectivity index (χ1v) is 17.1. The van der Waals surface area contributed by atoms with E-state index < -0.39 is 0 Å². The van der Waals surface area contributed by atoms with E-state index in [9.17, 15) is 0 Å². The van der Waals surface area contributed by atoms with Crippen LogP contribution >= 0.6 is 22.7 Å². The summed E-state index contributed by atoms with van der Waals surface area (Å²) in [4.78, 5) is 4.76. The average molecular weight is 625 g/mol. The molecule has 46 heavy (non-hydrogen) atoms. The minimum absolute atomic E-state index is 1.14. The molecule has 0 aliphatic rings. The third kappa shape index (κ3) is 4.54. The Morgan fingerprint density at radius 2 is 0.848 bits per heavy atom. The fourth-order valence-electron chi connectivity index (χ4n) is 6.58. The third-order valence-corrected chi connectivity index (χ3v) is 10.9. The number of anilines is 6. The van der Waals surface area contributed by atoms with E-state index >= 15 is 0 Å². The predicted octanol–water partition coefficient (Wildman–Crippen LogP) is 13.4. The first-order valence-electron chi connectivity index (χ1n) is 15.4. The largest absolute Gasteiger partial charge is 0.310 e. The second-order valence-electron chi connectivity index (χ2n) is 11.4. The molecule has 2 heterocycles. The summed E-state index contributed by atoms with van der Waals surface area (Å²) in [5, 5.41) is 5.16. The van der Waals surface area contributed by atoms with Crippen molar-refractivity contribution in [1.29, 1.82) is 0 Å². The highest BCUT2D eigenvalue weighted by Gasteiger charge is 2.20. The molecular formula is C42H28N2S2. The maximum absolute atomic E-state index is 2.39. The summed E-state index contributed by atoms with van der Waals surface area (Å²) in [5.74, 6) is 0. The molecular weight excluding hydrogens is 597 g/mol. The van der Waals surface area contributed by atoms with Gasteiger partial charge in [0.25, 0.3) is 0 Å². The van der Waals surface area contributed by atoms with Crippen molar-refractivity contribution in [1.82, 2.24) is 0 Å². The summed E-state index contributed by atoms with van der Waals surface area (Å²) in [6, 6.07) is 61.3. The third-order valence-electron chi connectivity index (χ3n) is 8.62. The molecule has 218 valence electrons. The lowest BCUT2D eigenvalue weighted by atomic mass is 10.1. The molecule has 0 aliphatic carbocycles. The maximum Gasteiger partial charge on any atom is 0.0554 e. The average Bonchev–Trinajstić information content (AvgIpc) is 3.68. The Morgan fingerprint density at radius 3 is 1.57 bits per heavy atom. The molecule has 2 aromatic heterocycles. The van der Waals surface area contributed by atoms with E-state index in [1.54, 1.807) is 0 Å². The van der Waals surface area contributed by atoms with Gasteiger partial charge in [0.1, 0.15) is 0 Å².